The highest BCUT2D eigenvalue weighted by molar-refractivity contribution is 7.92. The van der Waals surface area contributed by atoms with E-state index >= 15 is 0 Å². The van der Waals surface area contributed by atoms with Gasteiger partial charge in [-0.3, -0.25) is 15.0 Å². The lowest BCUT2D eigenvalue weighted by Gasteiger charge is -2.26. The number of amides is 3. The van der Waals surface area contributed by atoms with Crippen molar-refractivity contribution < 1.29 is 18.0 Å². The first kappa shape index (κ1) is 30.4. The second kappa shape index (κ2) is 13.6. The van der Waals surface area contributed by atoms with Crippen LogP contribution < -0.4 is 15.5 Å². The van der Waals surface area contributed by atoms with Gasteiger partial charge in [-0.05, 0) is 90.4 Å². The van der Waals surface area contributed by atoms with Crippen molar-refractivity contribution in [2.45, 2.75) is 80.4 Å². The van der Waals surface area contributed by atoms with Gasteiger partial charge in [-0.1, -0.05) is 67.5 Å². The molecule has 0 spiro atoms. The number of hydrogen-bond donors (Lipinski definition) is 3. The maximum absolute atomic E-state index is 13.9. The lowest BCUT2D eigenvalue weighted by Crippen LogP contribution is -2.34. The van der Waals surface area contributed by atoms with E-state index in [0.717, 1.165) is 18.4 Å². The van der Waals surface area contributed by atoms with Crippen LogP contribution in [0.2, 0.25) is 0 Å². The summed E-state index contributed by atoms with van der Waals surface area (Å²) in [5, 5.41) is 18.3. The molecular formula is C33H37N7O4S. The Bertz CT molecular complexity index is 1710. The molecule has 2 aliphatic carbocycles. The molecule has 2 saturated carbocycles. The van der Waals surface area contributed by atoms with Gasteiger partial charge in [0.1, 0.15) is 0 Å². The predicted molar refractivity (Wildman–Crippen MR) is 172 cm³/mol. The number of H-pyrrole nitrogens is 1. The quantitative estimate of drug-likeness (QED) is 0.193. The first-order valence-corrected chi connectivity index (χ1v) is 17.1. The highest BCUT2D eigenvalue weighted by atomic mass is 32.2. The Balaban J connectivity index is 1.22. The Labute approximate surface area is 262 Å². The lowest BCUT2D eigenvalue weighted by atomic mass is 9.84. The van der Waals surface area contributed by atoms with E-state index in [1.165, 1.54) is 37.7 Å². The maximum atomic E-state index is 13.9. The minimum atomic E-state index is -3.47. The third-order valence-corrected chi connectivity index (χ3v) is 11.1. The molecule has 3 amide bonds. The third kappa shape index (κ3) is 7.22. The van der Waals surface area contributed by atoms with Crippen LogP contribution in [0.5, 0.6) is 0 Å². The van der Waals surface area contributed by atoms with E-state index in [1.54, 1.807) is 53.4 Å². The minimum Gasteiger partial charge on any atom is -0.307 e. The second-order valence-corrected chi connectivity index (χ2v) is 14.0. The maximum Gasteiger partial charge on any atom is 0.326 e. The van der Waals surface area contributed by atoms with E-state index in [-0.39, 0.29) is 28.5 Å². The van der Waals surface area contributed by atoms with Gasteiger partial charge in [0.15, 0.2) is 9.84 Å². The van der Waals surface area contributed by atoms with E-state index in [4.69, 9.17) is 0 Å². The summed E-state index contributed by atoms with van der Waals surface area (Å²) in [5.74, 6) is 0.220. The van der Waals surface area contributed by atoms with Crippen LogP contribution in [0.1, 0.15) is 85.2 Å². The Kier molecular flexibility index (Phi) is 9.20. The van der Waals surface area contributed by atoms with Crippen LogP contribution in [-0.2, 0) is 16.4 Å². The average Bonchev–Trinajstić information content (AvgIpc) is 3.80. The van der Waals surface area contributed by atoms with Crippen LogP contribution >= 0.6 is 0 Å². The van der Waals surface area contributed by atoms with Crippen LogP contribution in [0, 0.1) is 0 Å². The van der Waals surface area contributed by atoms with Gasteiger partial charge in [-0.15, -0.1) is 5.10 Å². The fourth-order valence-corrected chi connectivity index (χ4v) is 8.21. The molecule has 0 atom stereocenters. The molecule has 1 heterocycles. The smallest absolute Gasteiger partial charge is 0.307 e. The van der Waals surface area contributed by atoms with Crippen LogP contribution in [0.3, 0.4) is 0 Å². The van der Waals surface area contributed by atoms with E-state index in [0.29, 0.717) is 35.7 Å². The molecule has 0 unspecified atom stereocenters. The zero-order valence-corrected chi connectivity index (χ0v) is 25.8. The molecule has 234 valence electrons. The normalized spacial score (nSPS) is 15.9. The number of hydrogen-bond acceptors (Lipinski definition) is 7. The molecule has 3 N–H and O–H groups in total. The van der Waals surface area contributed by atoms with Crippen molar-refractivity contribution in [1.82, 2.24) is 20.6 Å². The molecule has 0 aliphatic heterocycles. The number of nitrogens with zero attached hydrogens (tertiary/aromatic N) is 4. The van der Waals surface area contributed by atoms with Gasteiger partial charge < -0.3 is 5.32 Å². The summed E-state index contributed by atoms with van der Waals surface area (Å²) in [6.45, 7) is 0.224. The minimum absolute atomic E-state index is 0.0729. The number of nitrogens with one attached hydrogen (secondary N) is 3. The number of urea groups is 1. The van der Waals surface area contributed by atoms with Gasteiger partial charge in [-0.25, -0.2) is 13.2 Å². The largest absolute Gasteiger partial charge is 0.326 e. The van der Waals surface area contributed by atoms with Crippen molar-refractivity contribution in [1.29, 1.82) is 0 Å². The van der Waals surface area contributed by atoms with Crippen LogP contribution in [0.4, 0.5) is 22.1 Å². The molecule has 1 aromatic heterocycles. The van der Waals surface area contributed by atoms with Crippen molar-refractivity contribution in [2.24, 2.45) is 0 Å². The van der Waals surface area contributed by atoms with E-state index < -0.39 is 15.9 Å². The molecule has 0 bridgehead atoms. The highest BCUT2D eigenvalue weighted by Gasteiger charge is 2.30. The van der Waals surface area contributed by atoms with E-state index in [2.05, 4.69) is 43.4 Å². The van der Waals surface area contributed by atoms with E-state index in [1.807, 2.05) is 12.1 Å². The molecule has 0 saturated heterocycles. The standard InChI is InChI=1S/C33H37N7O4S/c41-31(35-32-36-38-39-37-32)26-15-13-23(14-16-26)22-40(28-19-17-25(18-20-28)24-7-2-1-3-8-24)33(42)34-27-9-6-12-30(21-27)45(43,44)29-10-4-5-11-29/h6,9,12-21,24,29H,1-5,7-8,10-11,22H2,(H,34,42)(H2,35,36,37,38,39,41). The summed E-state index contributed by atoms with van der Waals surface area (Å²) in [4.78, 5) is 28.3. The van der Waals surface area contributed by atoms with Crippen molar-refractivity contribution in [3.05, 3.63) is 89.5 Å². The van der Waals surface area contributed by atoms with Crippen molar-refractivity contribution in [3.63, 3.8) is 0 Å². The summed E-state index contributed by atoms with van der Waals surface area (Å²) in [6, 6.07) is 21.2. The Hall–Kier alpha value is -4.58. The Morgan fingerprint density at radius 2 is 1.56 bits per heavy atom. The zero-order chi connectivity index (χ0) is 31.2. The summed E-state index contributed by atoms with van der Waals surface area (Å²) in [7, 11) is -3.47. The molecule has 12 heteroatoms. The van der Waals surface area contributed by atoms with Crippen LogP contribution in [0.25, 0.3) is 0 Å². The Morgan fingerprint density at radius 3 is 2.24 bits per heavy atom. The Morgan fingerprint density at radius 1 is 0.844 bits per heavy atom. The van der Waals surface area contributed by atoms with Crippen LogP contribution in [-0.4, -0.2) is 46.2 Å². The van der Waals surface area contributed by atoms with Gasteiger partial charge in [0.25, 0.3) is 11.9 Å². The summed E-state index contributed by atoms with van der Waals surface area (Å²) >= 11 is 0. The van der Waals surface area contributed by atoms with E-state index in [9.17, 15) is 18.0 Å². The fourth-order valence-electron chi connectivity index (χ4n) is 6.31. The summed E-state index contributed by atoms with van der Waals surface area (Å²) in [5.41, 5.74) is 3.60. The number of aromatic amines is 1. The fraction of sp³-hybridized carbons (Fsp3) is 0.364. The van der Waals surface area contributed by atoms with Gasteiger partial charge in [0, 0.05) is 16.9 Å². The number of benzene rings is 3. The number of carbonyl (C=O) groups excluding carboxylic acids is 2. The molecule has 2 fully saturated rings. The summed E-state index contributed by atoms with van der Waals surface area (Å²) in [6.07, 6.45) is 9.27. The van der Waals surface area contributed by atoms with Gasteiger partial charge in [0.05, 0.1) is 16.7 Å². The zero-order valence-electron chi connectivity index (χ0n) is 25.0. The van der Waals surface area contributed by atoms with Gasteiger partial charge in [0.2, 0.25) is 0 Å². The monoisotopic (exact) mass is 627 g/mol. The molecule has 11 nitrogen and oxygen atoms in total. The molecule has 3 aromatic carbocycles. The molecular weight excluding hydrogens is 590 g/mol. The van der Waals surface area contributed by atoms with Gasteiger partial charge >= 0.3 is 6.03 Å². The molecule has 4 aromatic rings. The third-order valence-electron chi connectivity index (χ3n) is 8.81. The number of sulfone groups is 1. The number of aromatic nitrogens is 4. The molecule has 6 rings (SSSR count). The number of carbonyl (C=O) groups is 2. The topological polar surface area (TPSA) is 150 Å². The van der Waals surface area contributed by atoms with Crippen molar-refractivity contribution in [2.75, 3.05) is 15.5 Å². The summed E-state index contributed by atoms with van der Waals surface area (Å²) < 4.78 is 26.5. The van der Waals surface area contributed by atoms with Crippen LogP contribution in [0.15, 0.2) is 77.7 Å². The van der Waals surface area contributed by atoms with Crippen molar-refractivity contribution >= 4 is 39.1 Å². The average molecular weight is 628 g/mol. The lowest BCUT2D eigenvalue weighted by molar-refractivity contribution is 0.102. The number of rotatable bonds is 9. The predicted octanol–water partition coefficient (Wildman–Crippen LogP) is 6.45. The molecule has 45 heavy (non-hydrogen) atoms. The SMILES string of the molecule is O=C(Nc1nn[nH]n1)c1ccc(CN(C(=O)Nc2cccc(S(=O)(=O)C3CCCC3)c2)c2ccc(C3CCCCC3)cc2)cc1. The molecule has 0 radical (unpaired) electrons. The highest BCUT2D eigenvalue weighted by Crippen LogP contribution is 2.34. The van der Waals surface area contributed by atoms with Gasteiger partial charge in [-0.2, -0.15) is 5.21 Å². The molecule has 2 aliphatic rings. The second-order valence-electron chi connectivity index (χ2n) is 11.8. The number of anilines is 3. The first-order chi connectivity index (χ1) is 21.9. The van der Waals surface area contributed by atoms with Crippen molar-refractivity contribution in [3.8, 4) is 0 Å². The first-order valence-electron chi connectivity index (χ1n) is 15.5. The number of tetrazole rings is 1.